The van der Waals surface area contributed by atoms with Crippen molar-refractivity contribution < 1.29 is 15.0 Å². The molecule has 1 fully saturated rings. The van der Waals surface area contributed by atoms with Crippen LogP contribution in [-0.2, 0) is 11.3 Å². The molecule has 1 saturated heterocycles. The minimum atomic E-state index is -1.10. The molecule has 7 nitrogen and oxygen atoms in total. The summed E-state index contributed by atoms with van der Waals surface area (Å²) >= 11 is 0. The van der Waals surface area contributed by atoms with Gasteiger partial charge >= 0.3 is 5.97 Å². The fourth-order valence-corrected chi connectivity index (χ4v) is 3.11. The third-order valence-corrected chi connectivity index (χ3v) is 4.59. The van der Waals surface area contributed by atoms with E-state index in [-0.39, 0.29) is 5.95 Å². The molecule has 1 aromatic heterocycles. The Kier molecular flexibility index (Phi) is 5.54. The summed E-state index contributed by atoms with van der Waals surface area (Å²) in [6, 6.07) is 0. The standard InChI is InChI=1S/C16H26N4O3/c1-11(2)3-5-16(14(22)23)10-20(6-4-13(16)21)9-12-7-18-15(17)19-8-12/h7-8,11,13,21H,3-6,9-10H2,1-2H3,(H,22,23)(H2,17,18,19)/t13-,16-/m1/s1. The SMILES string of the molecule is CC(C)CC[C@@]1(C(=O)O)CN(Cc2cnc(N)nc2)CC[C@H]1O. The molecule has 1 aliphatic heterocycles. The van der Waals surface area contributed by atoms with Crippen molar-refractivity contribution in [3.05, 3.63) is 18.0 Å². The molecule has 0 spiro atoms. The van der Waals surface area contributed by atoms with Gasteiger partial charge in [-0.15, -0.1) is 0 Å². The van der Waals surface area contributed by atoms with Crippen LogP contribution in [0.15, 0.2) is 12.4 Å². The van der Waals surface area contributed by atoms with Crippen LogP contribution in [0.25, 0.3) is 0 Å². The van der Waals surface area contributed by atoms with Gasteiger partial charge in [0.15, 0.2) is 0 Å². The predicted molar refractivity (Wildman–Crippen MR) is 86.5 cm³/mol. The number of aromatic nitrogens is 2. The van der Waals surface area contributed by atoms with E-state index in [2.05, 4.69) is 28.7 Å². The summed E-state index contributed by atoms with van der Waals surface area (Å²) in [4.78, 5) is 21.9. The normalized spacial score (nSPS) is 25.7. The van der Waals surface area contributed by atoms with Crippen LogP contribution in [0.5, 0.6) is 0 Å². The molecular formula is C16H26N4O3. The highest BCUT2D eigenvalue weighted by molar-refractivity contribution is 5.76. The molecule has 1 aromatic rings. The minimum absolute atomic E-state index is 0.222. The van der Waals surface area contributed by atoms with Gasteiger partial charge < -0.3 is 15.9 Å². The van der Waals surface area contributed by atoms with E-state index in [9.17, 15) is 15.0 Å². The van der Waals surface area contributed by atoms with Crippen molar-refractivity contribution in [3.63, 3.8) is 0 Å². The van der Waals surface area contributed by atoms with Crippen molar-refractivity contribution in [3.8, 4) is 0 Å². The second-order valence-electron chi connectivity index (χ2n) is 6.86. The Balaban J connectivity index is 2.12. The van der Waals surface area contributed by atoms with Gasteiger partial charge in [-0.1, -0.05) is 13.8 Å². The third-order valence-electron chi connectivity index (χ3n) is 4.59. The molecule has 2 heterocycles. The molecule has 0 aliphatic carbocycles. The quantitative estimate of drug-likeness (QED) is 0.719. The highest BCUT2D eigenvalue weighted by Gasteiger charge is 2.48. The van der Waals surface area contributed by atoms with E-state index in [1.807, 2.05) is 0 Å². The van der Waals surface area contributed by atoms with Crippen molar-refractivity contribution >= 4 is 11.9 Å². The summed E-state index contributed by atoms with van der Waals surface area (Å²) in [6.45, 7) is 5.68. The Hall–Kier alpha value is -1.73. The highest BCUT2D eigenvalue weighted by Crippen LogP contribution is 2.37. The highest BCUT2D eigenvalue weighted by atomic mass is 16.4. The van der Waals surface area contributed by atoms with Crippen LogP contribution < -0.4 is 5.73 Å². The van der Waals surface area contributed by atoms with Crippen LogP contribution in [-0.4, -0.2) is 50.2 Å². The number of aliphatic carboxylic acids is 1. The van der Waals surface area contributed by atoms with E-state index in [1.54, 1.807) is 12.4 Å². The fourth-order valence-electron chi connectivity index (χ4n) is 3.11. The van der Waals surface area contributed by atoms with E-state index < -0.39 is 17.5 Å². The molecule has 1 aliphatic rings. The smallest absolute Gasteiger partial charge is 0.313 e. The number of carboxylic acids is 1. The summed E-state index contributed by atoms with van der Waals surface area (Å²) in [6.07, 6.45) is 4.23. The number of carbonyl (C=O) groups is 1. The van der Waals surface area contributed by atoms with Gasteiger partial charge in [0.2, 0.25) is 5.95 Å². The van der Waals surface area contributed by atoms with Crippen LogP contribution in [0.4, 0.5) is 5.95 Å². The Morgan fingerprint density at radius 3 is 2.70 bits per heavy atom. The third kappa shape index (κ3) is 4.17. The number of nitrogens with zero attached hydrogens (tertiary/aromatic N) is 3. The number of likely N-dealkylation sites (tertiary alicyclic amines) is 1. The lowest BCUT2D eigenvalue weighted by atomic mass is 9.72. The summed E-state index contributed by atoms with van der Waals surface area (Å²) < 4.78 is 0. The summed E-state index contributed by atoms with van der Waals surface area (Å²) in [7, 11) is 0. The fraction of sp³-hybridized carbons (Fsp3) is 0.688. The molecular weight excluding hydrogens is 296 g/mol. The number of piperidine rings is 1. The molecule has 2 rings (SSSR count). The number of rotatable bonds is 6. The van der Waals surface area contributed by atoms with E-state index in [0.717, 1.165) is 12.0 Å². The number of hydrogen-bond donors (Lipinski definition) is 3. The van der Waals surface area contributed by atoms with Gasteiger partial charge in [0, 0.05) is 37.6 Å². The van der Waals surface area contributed by atoms with E-state index >= 15 is 0 Å². The topological polar surface area (TPSA) is 113 Å². The zero-order valence-electron chi connectivity index (χ0n) is 13.8. The van der Waals surface area contributed by atoms with Crippen LogP contribution in [0.2, 0.25) is 0 Å². The summed E-state index contributed by atoms with van der Waals surface area (Å²) in [5, 5.41) is 20.1. The van der Waals surface area contributed by atoms with Crippen molar-refractivity contribution in [1.82, 2.24) is 14.9 Å². The maximum Gasteiger partial charge on any atom is 0.313 e. The predicted octanol–water partition coefficient (Wildman–Crippen LogP) is 1.13. The first-order valence-electron chi connectivity index (χ1n) is 8.03. The summed E-state index contributed by atoms with van der Waals surface area (Å²) in [5.74, 6) is -0.289. The number of aliphatic hydroxyl groups is 1. The van der Waals surface area contributed by atoms with Gasteiger partial charge in [-0.3, -0.25) is 9.69 Å². The first-order valence-corrected chi connectivity index (χ1v) is 8.03. The maximum absolute atomic E-state index is 11.9. The Bertz CT molecular complexity index is 535. The molecule has 23 heavy (non-hydrogen) atoms. The van der Waals surface area contributed by atoms with E-state index in [0.29, 0.717) is 38.4 Å². The number of hydrogen-bond acceptors (Lipinski definition) is 6. The second kappa shape index (κ2) is 7.23. The van der Waals surface area contributed by atoms with Crippen molar-refractivity contribution in [1.29, 1.82) is 0 Å². The van der Waals surface area contributed by atoms with Crippen LogP contribution in [0.3, 0.4) is 0 Å². The van der Waals surface area contributed by atoms with Crippen molar-refractivity contribution in [2.24, 2.45) is 11.3 Å². The zero-order valence-corrected chi connectivity index (χ0v) is 13.8. The number of aliphatic hydroxyl groups excluding tert-OH is 1. The molecule has 0 unspecified atom stereocenters. The minimum Gasteiger partial charge on any atom is -0.481 e. The van der Waals surface area contributed by atoms with E-state index in [1.165, 1.54) is 0 Å². The Morgan fingerprint density at radius 1 is 1.48 bits per heavy atom. The van der Waals surface area contributed by atoms with Gasteiger partial charge in [-0.25, -0.2) is 9.97 Å². The Labute approximate surface area is 136 Å². The van der Waals surface area contributed by atoms with Gasteiger partial charge in [0.05, 0.1) is 6.10 Å². The second-order valence-corrected chi connectivity index (χ2v) is 6.86. The lowest BCUT2D eigenvalue weighted by molar-refractivity contribution is -0.165. The Morgan fingerprint density at radius 2 is 2.13 bits per heavy atom. The zero-order chi connectivity index (χ0) is 17.0. The first-order chi connectivity index (χ1) is 10.8. The molecule has 2 atom stereocenters. The number of anilines is 1. The van der Waals surface area contributed by atoms with Crippen LogP contribution in [0.1, 0.15) is 38.7 Å². The average Bonchev–Trinajstić information content (AvgIpc) is 2.50. The number of nitrogen functional groups attached to an aromatic ring is 1. The molecule has 4 N–H and O–H groups in total. The summed E-state index contributed by atoms with van der Waals surface area (Å²) in [5.41, 5.74) is 5.27. The van der Waals surface area contributed by atoms with Crippen molar-refractivity contribution in [2.75, 3.05) is 18.8 Å². The first kappa shape index (κ1) is 17.6. The molecule has 0 radical (unpaired) electrons. The molecule has 0 bridgehead atoms. The lowest BCUT2D eigenvalue weighted by Crippen LogP contribution is -2.55. The van der Waals surface area contributed by atoms with Gasteiger partial charge in [-0.2, -0.15) is 0 Å². The molecule has 0 amide bonds. The molecule has 0 aromatic carbocycles. The van der Waals surface area contributed by atoms with Crippen LogP contribution >= 0.6 is 0 Å². The van der Waals surface area contributed by atoms with Crippen LogP contribution in [0, 0.1) is 11.3 Å². The van der Waals surface area contributed by atoms with Gasteiger partial charge in [0.25, 0.3) is 0 Å². The monoisotopic (exact) mass is 322 g/mol. The number of nitrogens with two attached hydrogens (primary N) is 1. The van der Waals surface area contributed by atoms with E-state index in [4.69, 9.17) is 5.73 Å². The maximum atomic E-state index is 11.9. The van der Waals surface area contributed by atoms with Crippen molar-refractivity contribution in [2.45, 2.75) is 45.8 Å². The van der Waals surface area contributed by atoms with Gasteiger partial charge in [-0.05, 0) is 25.2 Å². The van der Waals surface area contributed by atoms with Gasteiger partial charge in [0.1, 0.15) is 5.41 Å². The largest absolute Gasteiger partial charge is 0.481 e. The molecule has 0 saturated carbocycles. The number of carboxylic acid groups (broad SMARTS) is 1. The lowest BCUT2D eigenvalue weighted by Gasteiger charge is -2.43. The molecule has 7 heteroatoms. The average molecular weight is 322 g/mol. The molecule has 128 valence electrons.